The maximum absolute atomic E-state index is 5.06. The summed E-state index contributed by atoms with van der Waals surface area (Å²) in [5.41, 5.74) is 2.28. The molecule has 4 heteroatoms. The maximum Gasteiger partial charge on any atom is 0.133 e. The molecule has 4 nitrogen and oxygen atoms in total. The van der Waals surface area contributed by atoms with Crippen molar-refractivity contribution < 1.29 is 4.74 Å². The number of aryl methyl sites for hydroxylation is 1. The summed E-state index contributed by atoms with van der Waals surface area (Å²) in [6, 6.07) is 0. The van der Waals surface area contributed by atoms with Gasteiger partial charge >= 0.3 is 0 Å². The normalized spacial score (nSPS) is 10.9. The van der Waals surface area contributed by atoms with Crippen molar-refractivity contribution in [3.63, 3.8) is 0 Å². The fourth-order valence-electron chi connectivity index (χ4n) is 1.94. The molecule has 0 saturated heterocycles. The highest BCUT2D eigenvalue weighted by Crippen LogP contribution is 2.25. The van der Waals surface area contributed by atoms with Crippen LogP contribution in [0.3, 0.4) is 0 Å². The van der Waals surface area contributed by atoms with Crippen molar-refractivity contribution in [1.29, 1.82) is 0 Å². The van der Waals surface area contributed by atoms with Gasteiger partial charge < -0.3 is 10.1 Å². The molecular weight excluding hydrogens is 214 g/mol. The Kier molecular flexibility index (Phi) is 5.35. The third-order valence-electron chi connectivity index (χ3n) is 2.63. The second-order valence-electron chi connectivity index (χ2n) is 4.42. The summed E-state index contributed by atoms with van der Waals surface area (Å²) in [4.78, 5) is 9.12. The monoisotopic (exact) mass is 237 g/mol. The van der Waals surface area contributed by atoms with Crippen molar-refractivity contribution in [2.75, 3.05) is 25.6 Å². The molecule has 0 unspecified atom stereocenters. The van der Waals surface area contributed by atoms with Gasteiger partial charge in [-0.25, -0.2) is 9.97 Å². The van der Waals surface area contributed by atoms with Gasteiger partial charge in [-0.05, 0) is 19.8 Å². The molecule has 1 rings (SSSR count). The maximum atomic E-state index is 5.06. The Labute approximate surface area is 104 Å². The molecule has 0 aliphatic heterocycles. The van der Waals surface area contributed by atoms with Gasteiger partial charge in [-0.3, -0.25) is 0 Å². The summed E-state index contributed by atoms with van der Waals surface area (Å²) in [7, 11) is 1.69. The first-order chi connectivity index (χ1) is 8.10. The highest BCUT2D eigenvalue weighted by atomic mass is 16.5. The van der Waals surface area contributed by atoms with E-state index in [0.717, 1.165) is 30.3 Å². The van der Waals surface area contributed by atoms with Crippen molar-refractivity contribution in [2.24, 2.45) is 0 Å². The topological polar surface area (TPSA) is 47.0 Å². The van der Waals surface area contributed by atoms with Gasteiger partial charge in [-0.15, -0.1) is 0 Å². The molecule has 1 aromatic rings. The second kappa shape index (κ2) is 6.55. The van der Waals surface area contributed by atoms with E-state index in [4.69, 9.17) is 4.74 Å². The Balaban J connectivity index is 3.06. The van der Waals surface area contributed by atoms with E-state index >= 15 is 0 Å². The molecule has 0 aliphatic rings. The summed E-state index contributed by atoms with van der Waals surface area (Å²) in [6.45, 7) is 10.00. The van der Waals surface area contributed by atoms with Gasteiger partial charge in [-0.2, -0.15) is 0 Å². The quantitative estimate of drug-likeness (QED) is 0.826. The minimum Gasteiger partial charge on any atom is -0.384 e. The summed E-state index contributed by atoms with van der Waals surface area (Å²) in [5.74, 6) is 2.26. The van der Waals surface area contributed by atoms with Gasteiger partial charge in [0.1, 0.15) is 11.6 Å². The van der Waals surface area contributed by atoms with Gasteiger partial charge in [-0.1, -0.05) is 13.8 Å². The van der Waals surface area contributed by atoms with E-state index < -0.39 is 0 Å². The predicted molar refractivity (Wildman–Crippen MR) is 70.6 cm³/mol. The molecule has 96 valence electrons. The predicted octanol–water partition coefficient (Wildman–Crippen LogP) is 2.53. The molecule has 0 bridgehead atoms. The molecule has 17 heavy (non-hydrogen) atoms. The number of hydrogen-bond acceptors (Lipinski definition) is 4. The van der Waals surface area contributed by atoms with E-state index in [1.54, 1.807) is 7.11 Å². The number of aromatic nitrogens is 2. The molecule has 0 atom stereocenters. The number of anilines is 1. The molecule has 1 heterocycles. The third kappa shape index (κ3) is 3.66. The van der Waals surface area contributed by atoms with Crippen LogP contribution in [0.25, 0.3) is 0 Å². The van der Waals surface area contributed by atoms with Crippen molar-refractivity contribution in [3.05, 3.63) is 17.1 Å². The van der Waals surface area contributed by atoms with Gasteiger partial charge in [0.05, 0.1) is 6.61 Å². The van der Waals surface area contributed by atoms with E-state index in [-0.39, 0.29) is 0 Å². The molecule has 0 aromatic carbocycles. The summed E-state index contributed by atoms with van der Waals surface area (Å²) in [6.07, 6.45) is 0.758. The number of ether oxygens (including phenoxy) is 1. The molecule has 0 aliphatic carbocycles. The summed E-state index contributed by atoms with van der Waals surface area (Å²) >= 11 is 0. The fourth-order valence-corrected chi connectivity index (χ4v) is 1.94. The summed E-state index contributed by atoms with van der Waals surface area (Å²) in [5, 5.41) is 3.32. The Hall–Kier alpha value is -1.16. The van der Waals surface area contributed by atoms with Crippen LogP contribution in [0.15, 0.2) is 0 Å². The molecule has 1 aromatic heterocycles. The number of nitrogens with zero attached hydrogens (tertiary/aromatic N) is 2. The molecule has 0 spiro atoms. The van der Waals surface area contributed by atoms with Gasteiger partial charge in [0, 0.05) is 31.3 Å². The van der Waals surface area contributed by atoms with Crippen LogP contribution in [0.5, 0.6) is 0 Å². The van der Waals surface area contributed by atoms with Crippen LogP contribution in [-0.2, 0) is 11.2 Å². The van der Waals surface area contributed by atoms with Crippen molar-refractivity contribution in [3.8, 4) is 0 Å². The third-order valence-corrected chi connectivity index (χ3v) is 2.63. The summed E-state index contributed by atoms with van der Waals surface area (Å²) < 4.78 is 5.06. The first-order valence-corrected chi connectivity index (χ1v) is 6.20. The van der Waals surface area contributed by atoms with Crippen molar-refractivity contribution >= 4 is 5.82 Å². The zero-order valence-electron chi connectivity index (χ0n) is 11.5. The Morgan fingerprint density at radius 2 is 2.00 bits per heavy atom. The fraction of sp³-hybridized carbons (Fsp3) is 0.692. The first-order valence-electron chi connectivity index (χ1n) is 6.20. The van der Waals surface area contributed by atoms with Crippen molar-refractivity contribution in [1.82, 2.24) is 9.97 Å². The van der Waals surface area contributed by atoms with Gasteiger partial charge in [0.25, 0.3) is 0 Å². The standard InChI is InChI=1S/C13H23N3O/c1-6-14-13-12(9(2)3)10(4)15-11(16-13)7-8-17-5/h9H,6-8H2,1-5H3,(H,14,15,16). The number of hydrogen-bond donors (Lipinski definition) is 1. The van der Waals surface area contributed by atoms with Crippen LogP contribution in [0.1, 0.15) is 43.8 Å². The van der Waals surface area contributed by atoms with Crippen LogP contribution >= 0.6 is 0 Å². The van der Waals surface area contributed by atoms with E-state index in [2.05, 4.69) is 36.1 Å². The van der Waals surface area contributed by atoms with E-state index in [1.807, 2.05) is 6.92 Å². The van der Waals surface area contributed by atoms with Crippen LogP contribution in [0.2, 0.25) is 0 Å². The molecule has 0 radical (unpaired) electrons. The van der Waals surface area contributed by atoms with Crippen LogP contribution < -0.4 is 5.32 Å². The van der Waals surface area contributed by atoms with Gasteiger partial charge in [0.15, 0.2) is 0 Å². The zero-order valence-corrected chi connectivity index (χ0v) is 11.5. The minimum atomic E-state index is 0.431. The van der Waals surface area contributed by atoms with Crippen LogP contribution in [-0.4, -0.2) is 30.2 Å². The lowest BCUT2D eigenvalue weighted by Gasteiger charge is -2.16. The van der Waals surface area contributed by atoms with Gasteiger partial charge in [0.2, 0.25) is 0 Å². The molecule has 0 fully saturated rings. The van der Waals surface area contributed by atoms with Crippen LogP contribution in [0, 0.1) is 6.92 Å². The second-order valence-corrected chi connectivity index (χ2v) is 4.42. The highest BCUT2D eigenvalue weighted by Gasteiger charge is 2.13. The average Bonchev–Trinajstić information content (AvgIpc) is 2.25. The number of nitrogens with one attached hydrogen (secondary N) is 1. The Morgan fingerprint density at radius 3 is 2.53 bits per heavy atom. The molecule has 0 saturated carbocycles. The number of methoxy groups -OCH3 is 1. The zero-order chi connectivity index (χ0) is 12.8. The van der Waals surface area contributed by atoms with Crippen LogP contribution in [0.4, 0.5) is 5.82 Å². The first kappa shape index (κ1) is 13.9. The molecule has 1 N–H and O–H groups in total. The van der Waals surface area contributed by atoms with E-state index in [1.165, 1.54) is 5.56 Å². The minimum absolute atomic E-state index is 0.431. The SMILES string of the molecule is CCNc1nc(CCOC)nc(C)c1C(C)C. The number of rotatable bonds is 6. The van der Waals surface area contributed by atoms with E-state index in [9.17, 15) is 0 Å². The molecule has 0 amide bonds. The smallest absolute Gasteiger partial charge is 0.133 e. The lowest BCUT2D eigenvalue weighted by atomic mass is 10.0. The van der Waals surface area contributed by atoms with E-state index in [0.29, 0.717) is 12.5 Å². The Morgan fingerprint density at radius 1 is 1.29 bits per heavy atom. The lowest BCUT2D eigenvalue weighted by Crippen LogP contribution is -2.12. The average molecular weight is 237 g/mol. The Bertz CT molecular complexity index is 364. The largest absolute Gasteiger partial charge is 0.384 e. The molecular formula is C13H23N3O. The van der Waals surface area contributed by atoms with Crippen molar-refractivity contribution in [2.45, 2.75) is 40.0 Å². The lowest BCUT2D eigenvalue weighted by molar-refractivity contribution is 0.200. The highest BCUT2D eigenvalue weighted by molar-refractivity contribution is 5.48.